The van der Waals surface area contributed by atoms with Crippen LogP contribution < -0.4 is 11.1 Å². The van der Waals surface area contributed by atoms with Crippen LogP contribution >= 0.6 is 0 Å². The van der Waals surface area contributed by atoms with E-state index in [2.05, 4.69) is 53.8 Å². The zero-order valence-corrected chi connectivity index (χ0v) is 13.1. The first kappa shape index (κ1) is 16.9. The van der Waals surface area contributed by atoms with E-state index >= 15 is 0 Å². The Hall–Kier alpha value is -0.0800. The predicted octanol–water partition coefficient (Wildman–Crippen LogP) is 3.27. The van der Waals surface area contributed by atoms with Gasteiger partial charge in [-0.15, -0.1) is 0 Å². The molecule has 0 rings (SSSR count). The first-order valence-corrected chi connectivity index (χ1v) is 6.99. The van der Waals surface area contributed by atoms with E-state index in [9.17, 15) is 0 Å². The third kappa shape index (κ3) is 7.77. The van der Waals surface area contributed by atoms with Crippen molar-refractivity contribution in [1.29, 1.82) is 0 Å². The van der Waals surface area contributed by atoms with Crippen LogP contribution in [0.15, 0.2) is 0 Å². The molecule has 0 aromatic carbocycles. The molecule has 0 aliphatic rings. The zero-order valence-electron chi connectivity index (χ0n) is 13.1. The van der Waals surface area contributed by atoms with Crippen LogP contribution in [0, 0.1) is 22.7 Å². The van der Waals surface area contributed by atoms with Gasteiger partial charge in [-0.1, -0.05) is 48.5 Å². The van der Waals surface area contributed by atoms with Crippen molar-refractivity contribution in [3.05, 3.63) is 0 Å². The Morgan fingerprint density at radius 1 is 1.06 bits per heavy atom. The van der Waals surface area contributed by atoms with E-state index in [-0.39, 0.29) is 0 Å². The lowest BCUT2D eigenvalue weighted by Crippen LogP contribution is -2.38. The minimum atomic E-state index is 0.362. The molecular weight excluding hydrogens is 208 g/mol. The fourth-order valence-corrected chi connectivity index (χ4v) is 1.91. The number of nitrogens with one attached hydrogen (secondary N) is 1. The quantitative estimate of drug-likeness (QED) is 0.719. The number of hydrogen-bond acceptors (Lipinski definition) is 2. The highest BCUT2D eigenvalue weighted by molar-refractivity contribution is 4.77. The Balaban J connectivity index is 4.01. The van der Waals surface area contributed by atoms with Crippen LogP contribution in [0.1, 0.15) is 54.9 Å². The average molecular weight is 242 g/mol. The monoisotopic (exact) mass is 242 g/mol. The van der Waals surface area contributed by atoms with Crippen molar-refractivity contribution in [3.8, 4) is 0 Å². The van der Waals surface area contributed by atoms with Crippen molar-refractivity contribution in [3.63, 3.8) is 0 Å². The second kappa shape index (κ2) is 6.75. The lowest BCUT2D eigenvalue weighted by Gasteiger charge is -2.31. The van der Waals surface area contributed by atoms with E-state index in [1.54, 1.807) is 0 Å². The van der Waals surface area contributed by atoms with Crippen molar-refractivity contribution in [2.24, 2.45) is 28.4 Å². The molecule has 0 radical (unpaired) electrons. The Labute approximate surface area is 109 Å². The summed E-state index contributed by atoms with van der Waals surface area (Å²) in [6.45, 7) is 19.0. The minimum Gasteiger partial charge on any atom is -0.330 e. The summed E-state index contributed by atoms with van der Waals surface area (Å²) in [5.41, 5.74) is 6.59. The van der Waals surface area contributed by atoms with E-state index in [1.807, 2.05) is 0 Å². The Morgan fingerprint density at radius 2 is 1.59 bits per heavy atom. The van der Waals surface area contributed by atoms with E-state index in [1.165, 1.54) is 6.42 Å². The van der Waals surface area contributed by atoms with Crippen LogP contribution in [0.2, 0.25) is 0 Å². The van der Waals surface area contributed by atoms with Crippen molar-refractivity contribution >= 4 is 0 Å². The fourth-order valence-electron chi connectivity index (χ4n) is 1.91. The highest BCUT2D eigenvalue weighted by Gasteiger charge is 2.23. The average Bonchev–Trinajstić information content (AvgIpc) is 2.13. The first-order valence-electron chi connectivity index (χ1n) is 6.99. The Bertz CT molecular complexity index is 201. The van der Waals surface area contributed by atoms with Gasteiger partial charge < -0.3 is 11.1 Å². The Kier molecular flexibility index (Phi) is 6.71. The maximum absolute atomic E-state index is 5.85. The molecule has 0 aromatic heterocycles. The van der Waals surface area contributed by atoms with Gasteiger partial charge in [-0.3, -0.25) is 0 Å². The maximum atomic E-state index is 5.85. The van der Waals surface area contributed by atoms with Gasteiger partial charge in [0, 0.05) is 6.54 Å². The normalized spacial score (nSPS) is 15.4. The van der Waals surface area contributed by atoms with E-state index < -0.39 is 0 Å². The van der Waals surface area contributed by atoms with Crippen LogP contribution in [-0.4, -0.2) is 19.6 Å². The molecule has 0 aliphatic heterocycles. The predicted molar refractivity (Wildman–Crippen MR) is 78.1 cm³/mol. The summed E-state index contributed by atoms with van der Waals surface area (Å²) in [5, 5.41) is 3.60. The second-order valence-electron chi connectivity index (χ2n) is 7.64. The molecule has 0 saturated heterocycles. The van der Waals surface area contributed by atoms with Crippen molar-refractivity contribution in [2.45, 2.75) is 54.9 Å². The molecule has 3 N–H and O–H groups in total. The highest BCUT2D eigenvalue weighted by Crippen LogP contribution is 2.26. The first-order chi connectivity index (χ1) is 7.58. The summed E-state index contributed by atoms with van der Waals surface area (Å²) < 4.78 is 0. The largest absolute Gasteiger partial charge is 0.330 e. The maximum Gasteiger partial charge on any atom is 0.000509 e. The zero-order chi connectivity index (χ0) is 13.7. The van der Waals surface area contributed by atoms with E-state index in [0.717, 1.165) is 19.6 Å². The summed E-state index contributed by atoms with van der Waals surface area (Å²) in [6.07, 6.45) is 1.19. The fraction of sp³-hybridized carbons (Fsp3) is 1.00. The van der Waals surface area contributed by atoms with Gasteiger partial charge in [0.15, 0.2) is 0 Å². The van der Waals surface area contributed by atoms with Crippen molar-refractivity contribution < 1.29 is 0 Å². The molecule has 1 unspecified atom stereocenters. The molecule has 1 atom stereocenters. The molecule has 2 nitrogen and oxygen atoms in total. The summed E-state index contributed by atoms with van der Waals surface area (Å²) in [7, 11) is 0. The molecular formula is C15H34N2. The van der Waals surface area contributed by atoms with Crippen LogP contribution in [0.5, 0.6) is 0 Å². The lowest BCUT2D eigenvalue weighted by molar-refractivity contribution is 0.224. The topological polar surface area (TPSA) is 38.0 Å². The van der Waals surface area contributed by atoms with Crippen molar-refractivity contribution in [2.75, 3.05) is 19.6 Å². The van der Waals surface area contributed by atoms with Crippen LogP contribution in [0.25, 0.3) is 0 Å². The van der Waals surface area contributed by atoms with Gasteiger partial charge in [0.05, 0.1) is 0 Å². The van der Waals surface area contributed by atoms with Gasteiger partial charge in [0.2, 0.25) is 0 Å². The molecule has 2 heteroatoms. The van der Waals surface area contributed by atoms with Gasteiger partial charge >= 0.3 is 0 Å². The molecule has 104 valence electrons. The summed E-state index contributed by atoms with van der Waals surface area (Å²) >= 11 is 0. The number of hydrogen-bond donors (Lipinski definition) is 2. The summed E-state index contributed by atoms with van der Waals surface area (Å²) in [6, 6.07) is 0. The van der Waals surface area contributed by atoms with Gasteiger partial charge in [-0.2, -0.15) is 0 Å². The van der Waals surface area contributed by atoms with E-state index in [4.69, 9.17) is 5.73 Å². The summed E-state index contributed by atoms with van der Waals surface area (Å²) in [5.74, 6) is 1.30. The summed E-state index contributed by atoms with van der Waals surface area (Å²) in [4.78, 5) is 0. The smallest absolute Gasteiger partial charge is 0.000509 e. The lowest BCUT2D eigenvalue weighted by atomic mass is 9.80. The molecule has 0 heterocycles. The van der Waals surface area contributed by atoms with Crippen molar-refractivity contribution in [1.82, 2.24) is 5.32 Å². The minimum absolute atomic E-state index is 0.362. The molecule has 17 heavy (non-hydrogen) atoms. The molecule has 0 fully saturated rings. The molecule has 0 saturated carbocycles. The second-order valence-corrected chi connectivity index (χ2v) is 7.64. The third-order valence-corrected chi connectivity index (χ3v) is 3.81. The van der Waals surface area contributed by atoms with Gasteiger partial charge in [-0.05, 0) is 42.2 Å². The Morgan fingerprint density at radius 3 is 1.94 bits per heavy atom. The van der Waals surface area contributed by atoms with Crippen LogP contribution in [0.3, 0.4) is 0 Å². The standard InChI is InChI=1S/C15H34N2/c1-12(2)15(6,7)11-17-10-13(9-16)8-14(3,4)5/h12-13,17H,8-11,16H2,1-7H3. The molecule has 0 amide bonds. The van der Waals surface area contributed by atoms with Crippen LogP contribution in [0.4, 0.5) is 0 Å². The van der Waals surface area contributed by atoms with Crippen LogP contribution in [-0.2, 0) is 0 Å². The van der Waals surface area contributed by atoms with Gasteiger partial charge in [0.25, 0.3) is 0 Å². The molecule has 0 spiro atoms. The van der Waals surface area contributed by atoms with Gasteiger partial charge in [0.1, 0.15) is 0 Å². The van der Waals surface area contributed by atoms with E-state index in [0.29, 0.717) is 22.7 Å². The molecule has 0 bridgehead atoms. The third-order valence-electron chi connectivity index (χ3n) is 3.81. The number of rotatable bonds is 7. The molecule has 0 aromatic rings. The van der Waals surface area contributed by atoms with Gasteiger partial charge in [-0.25, -0.2) is 0 Å². The molecule has 0 aliphatic carbocycles. The SMILES string of the molecule is CC(C)C(C)(C)CNCC(CN)CC(C)(C)C. The highest BCUT2D eigenvalue weighted by atomic mass is 14.9. The number of nitrogens with two attached hydrogens (primary N) is 1.